The lowest BCUT2D eigenvalue weighted by molar-refractivity contribution is -0.136. The first kappa shape index (κ1) is 15.1. The number of carboxylic acid groups (broad SMARTS) is 1. The summed E-state index contributed by atoms with van der Waals surface area (Å²) in [6.45, 7) is 1.91. The minimum atomic E-state index is -0.865. The fourth-order valence-corrected chi connectivity index (χ4v) is 2.54. The monoisotopic (exact) mass is 305 g/mol. The number of aliphatic carboxylic acids is 1. The Hall–Kier alpha value is -2.28. The largest absolute Gasteiger partial charge is 0.481 e. The molecule has 0 fully saturated rings. The molecule has 0 radical (unpaired) electrons. The minimum Gasteiger partial charge on any atom is -0.481 e. The number of nitrogens with one attached hydrogen (secondary N) is 1. The molecule has 0 bridgehead atoms. The summed E-state index contributed by atoms with van der Waals surface area (Å²) in [5.41, 5.74) is 2.09. The summed E-state index contributed by atoms with van der Waals surface area (Å²) in [7, 11) is 0. The summed E-state index contributed by atoms with van der Waals surface area (Å²) in [6, 6.07) is 7.18. The molecule has 1 amide bonds. The highest BCUT2D eigenvalue weighted by Gasteiger charge is 2.16. The fourth-order valence-electron chi connectivity index (χ4n) is 1.89. The van der Waals surface area contributed by atoms with E-state index in [-0.39, 0.29) is 12.3 Å². The van der Waals surface area contributed by atoms with Gasteiger partial charge in [0.1, 0.15) is 4.88 Å². The summed E-state index contributed by atoms with van der Waals surface area (Å²) in [6.07, 6.45) is 1.03. The van der Waals surface area contributed by atoms with Gasteiger partial charge in [-0.2, -0.15) is 0 Å². The number of benzene rings is 1. The van der Waals surface area contributed by atoms with Crippen LogP contribution in [0.3, 0.4) is 0 Å². The van der Waals surface area contributed by atoms with Crippen LogP contribution in [0.25, 0.3) is 0 Å². The van der Waals surface area contributed by atoms with Gasteiger partial charge in [0.25, 0.3) is 5.91 Å². The Balaban J connectivity index is 2.15. The number of hydrogen-bond acceptors (Lipinski definition) is 5. The average Bonchev–Trinajstić information content (AvgIpc) is 2.94. The number of nitrogens with zero attached hydrogens (tertiary/aromatic N) is 2. The number of anilines is 1. The molecule has 1 aromatic carbocycles. The van der Waals surface area contributed by atoms with Gasteiger partial charge in [0.2, 0.25) is 0 Å². The van der Waals surface area contributed by atoms with Gasteiger partial charge >= 0.3 is 5.97 Å². The Morgan fingerprint density at radius 3 is 2.81 bits per heavy atom. The van der Waals surface area contributed by atoms with E-state index in [1.807, 2.05) is 19.1 Å². The van der Waals surface area contributed by atoms with E-state index >= 15 is 0 Å². The van der Waals surface area contributed by atoms with Crippen molar-refractivity contribution in [3.8, 4) is 0 Å². The normalized spacial score (nSPS) is 10.3. The Morgan fingerprint density at radius 1 is 1.33 bits per heavy atom. The van der Waals surface area contributed by atoms with Crippen LogP contribution < -0.4 is 5.32 Å². The number of carbonyl (C=O) groups excluding carboxylic acids is 1. The highest BCUT2D eigenvalue weighted by atomic mass is 32.1. The zero-order chi connectivity index (χ0) is 15.2. The molecule has 7 heteroatoms. The van der Waals surface area contributed by atoms with Crippen molar-refractivity contribution in [3.63, 3.8) is 0 Å². The Kier molecular flexibility index (Phi) is 4.99. The SMILES string of the molecule is CCc1nnsc1C(=O)Nc1ccccc1CCC(=O)O. The van der Waals surface area contributed by atoms with Crippen molar-refractivity contribution in [2.24, 2.45) is 0 Å². The lowest BCUT2D eigenvalue weighted by Gasteiger charge is -2.09. The highest BCUT2D eigenvalue weighted by Crippen LogP contribution is 2.20. The van der Waals surface area contributed by atoms with Crippen LogP contribution in [0.4, 0.5) is 5.69 Å². The fraction of sp³-hybridized carbons (Fsp3) is 0.286. The van der Waals surface area contributed by atoms with Gasteiger partial charge in [-0.05, 0) is 36.0 Å². The van der Waals surface area contributed by atoms with Crippen LogP contribution in [0.2, 0.25) is 0 Å². The molecule has 2 aromatic rings. The van der Waals surface area contributed by atoms with E-state index in [9.17, 15) is 9.59 Å². The maximum absolute atomic E-state index is 12.2. The highest BCUT2D eigenvalue weighted by molar-refractivity contribution is 7.08. The summed E-state index contributed by atoms with van der Waals surface area (Å²) in [4.78, 5) is 23.4. The van der Waals surface area contributed by atoms with Crippen LogP contribution >= 0.6 is 11.5 Å². The summed E-state index contributed by atoms with van der Waals surface area (Å²) >= 11 is 1.06. The molecule has 0 spiro atoms. The first-order valence-corrected chi connectivity index (χ1v) is 7.31. The molecule has 0 aliphatic carbocycles. The predicted molar refractivity (Wildman–Crippen MR) is 79.6 cm³/mol. The van der Waals surface area contributed by atoms with Crippen molar-refractivity contribution in [2.75, 3.05) is 5.32 Å². The molecule has 110 valence electrons. The first-order valence-electron chi connectivity index (χ1n) is 6.54. The first-order chi connectivity index (χ1) is 10.1. The molecule has 0 aliphatic rings. The van der Waals surface area contributed by atoms with Crippen LogP contribution in [0.1, 0.15) is 34.3 Å². The number of aryl methyl sites for hydroxylation is 2. The summed E-state index contributed by atoms with van der Waals surface area (Å²) < 4.78 is 3.79. The molecule has 1 aromatic heterocycles. The third-order valence-corrected chi connectivity index (χ3v) is 3.74. The molecule has 2 rings (SSSR count). The molecule has 6 nitrogen and oxygen atoms in total. The second-order valence-corrected chi connectivity index (χ2v) is 5.16. The zero-order valence-electron chi connectivity index (χ0n) is 11.5. The van der Waals surface area contributed by atoms with Gasteiger partial charge in [-0.3, -0.25) is 9.59 Å². The molecule has 0 aliphatic heterocycles. The van der Waals surface area contributed by atoms with E-state index in [4.69, 9.17) is 5.11 Å². The van der Waals surface area contributed by atoms with Crippen molar-refractivity contribution in [1.82, 2.24) is 9.59 Å². The van der Waals surface area contributed by atoms with E-state index in [1.165, 1.54) is 0 Å². The second-order valence-electron chi connectivity index (χ2n) is 4.41. The van der Waals surface area contributed by atoms with Gasteiger partial charge in [-0.1, -0.05) is 29.6 Å². The molecule has 0 atom stereocenters. The molecule has 21 heavy (non-hydrogen) atoms. The molecule has 2 N–H and O–H groups in total. The van der Waals surface area contributed by atoms with Crippen molar-refractivity contribution in [3.05, 3.63) is 40.4 Å². The van der Waals surface area contributed by atoms with Gasteiger partial charge in [0.15, 0.2) is 0 Å². The van der Waals surface area contributed by atoms with E-state index in [2.05, 4.69) is 14.9 Å². The summed E-state index contributed by atoms with van der Waals surface area (Å²) in [5.74, 6) is -1.12. The van der Waals surface area contributed by atoms with Crippen LogP contribution in [0, 0.1) is 0 Å². The number of hydrogen-bond donors (Lipinski definition) is 2. The van der Waals surface area contributed by atoms with E-state index in [0.29, 0.717) is 29.1 Å². The maximum atomic E-state index is 12.2. The Bertz CT molecular complexity index is 654. The molecule has 0 unspecified atom stereocenters. The third-order valence-electron chi connectivity index (χ3n) is 2.97. The van der Waals surface area contributed by atoms with Gasteiger partial charge in [0.05, 0.1) is 5.69 Å². The lowest BCUT2D eigenvalue weighted by atomic mass is 10.1. The van der Waals surface area contributed by atoms with E-state index in [0.717, 1.165) is 17.1 Å². The van der Waals surface area contributed by atoms with Crippen molar-refractivity contribution >= 4 is 29.1 Å². The maximum Gasteiger partial charge on any atom is 0.303 e. The standard InChI is InChI=1S/C14H15N3O3S/c1-2-10-13(21-17-16-10)14(20)15-11-6-4-3-5-9(11)7-8-12(18)19/h3-6H,2,7-8H2,1H3,(H,15,20)(H,18,19). The van der Waals surface area contributed by atoms with Crippen LogP contribution in [-0.2, 0) is 17.6 Å². The van der Waals surface area contributed by atoms with Gasteiger partial charge in [-0.15, -0.1) is 5.10 Å². The van der Waals surface area contributed by atoms with Gasteiger partial charge in [0, 0.05) is 12.1 Å². The van der Waals surface area contributed by atoms with Gasteiger partial charge in [-0.25, -0.2) is 0 Å². The minimum absolute atomic E-state index is 0.0230. The third kappa shape index (κ3) is 3.85. The number of carboxylic acids is 1. The quantitative estimate of drug-likeness (QED) is 0.854. The lowest BCUT2D eigenvalue weighted by Crippen LogP contribution is -2.14. The molecule has 0 saturated heterocycles. The smallest absolute Gasteiger partial charge is 0.303 e. The van der Waals surface area contributed by atoms with E-state index in [1.54, 1.807) is 12.1 Å². The number of para-hydroxylation sites is 1. The zero-order valence-corrected chi connectivity index (χ0v) is 12.3. The number of rotatable bonds is 6. The van der Waals surface area contributed by atoms with Crippen molar-refractivity contribution < 1.29 is 14.7 Å². The number of carbonyl (C=O) groups is 2. The van der Waals surface area contributed by atoms with Crippen LogP contribution in [0.5, 0.6) is 0 Å². The van der Waals surface area contributed by atoms with Gasteiger partial charge < -0.3 is 10.4 Å². The molecule has 1 heterocycles. The average molecular weight is 305 g/mol. The Morgan fingerprint density at radius 2 is 2.10 bits per heavy atom. The second kappa shape index (κ2) is 6.94. The topological polar surface area (TPSA) is 92.2 Å². The van der Waals surface area contributed by atoms with Crippen molar-refractivity contribution in [1.29, 1.82) is 0 Å². The molecular weight excluding hydrogens is 290 g/mol. The van der Waals surface area contributed by atoms with Crippen LogP contribution in [0.15, 0.2) is 24.3 Å². The molecule has 0 saturated carbocycles. The van der Waals surface area contributed by atoms with E-state index < -0.39 is 5.97 Å². The number of amides is 1. The van der Waals surface area contributed by atoms with Crippen LogP contribution in [-0.4, -0.2) is 26.6 Å². The molecular formula is C14H15N3O3S. The van der Waals surface area contributed by atoms with Crippen molar-refractivity contribution in [2.45, 2.75) is 26.2 Å². The predicted octanol–water partition coefficient (Wildman–Crippen LogP) is 2.37. The summed E-state index contributed by atoms with van der Waals surface area (Å²) in [5, 5.41) is 15.5. The number of aromatic nitrogens is 2. The Labute approximate surface area is 126 Å².